The highest BCUT2D eigenvalue weighted by Gasteiger charge is 2.36. The molecule has 1 aliphatic rings. The average Bonchev–Trinajstić information content (AvgIpc) is 3.02. The molecule has 1 aliphatic heterocycles. The first kappa shape index (κ1) is 24.6. The topological polar surface area (TPSA) is 84.9 Å². The van der Waals surface area contributed by atoms with E-state index >= 15 is 0 Å². The van der Waals surface area contributed by atoms with Crippen molar-refractivity contribution >= 4 is 52.2 Å². The van der Waals surface area contributed by atoms with E-state index in [0.717, 1.165) is 17.4 Å². The molecule has 0 bridgehead atoms. The fourth-order valence-electron chi connectivity index (χ4n) is 2.92. The van der Waals surface area contributed by atoms with Crippen molar-refractivity contribution in [3.8, 4) is 11.5 Å². The molecule has 0 aromatic heterocycles. The van der Waals surface area contributed by atoms with Gasteiger partial charge in [-0.1, -0.05) is 24.6 Å². The van der Waals surface area contributed by atoms with Crippen molar-refractivity contribution in [3.63, 3.8) is 0 Å². The molecule has 1 saturated heterocycles. The van der Waals surface area contributed by atoms with E-state index in [2.05, 4.69) is 5.32 Å². The fraction of sp³-hybridized carbons (Fsp3) is 0.261. The predicted octanol–water partition coefficient (Wildman–Crippen LogP) is 5.34. The molecule has 1 atom stereocenters. The van der Waals surface area contributed by atoms with Crippen molar-refractivity contribution < 1.29 is 28.2 Å². The summed E-state index contributed by atoms with van der Waals surface area (Å²) in [6.07, 6.45) is 2.20. The van der Waals surface area contributed by atoms with E-state index in [4.69, 9.17) is 21.1 Å². The van der Waals surface area contributed by atoms with Gasteiger partial charge in [-0.3, -0.25) is 19.3 Å². The number of anilines is 1. The maximum atomic E-state index is 13.3. The van der Waals surface area contributed by atoms with Crippen LogP contribution in [0, 0.1) is 5.82 Å². The summed E-state index contributed by atoms with van der Waals surface area (Å²) >= 11 is 7.08. The molecule has 10 heteroatoms. The van der Waals surface area contributed by atoms with Gasteiger partial charge in [0.15, 0.2) is 11.5 Å². The van der Waals surface area contributed by atoms with Gasteiger partial charge in [0.1, 0.15) is 12.4 Å². The minimum atomic E-state index is -0.625. The van der Waals surface area contributed by atoms with Gasteiger partial charge in [-0.15, -0.1) is 0 Å². The van der Waals surface area contributed by atoms with Crippen LogP contribution in [0.5, 0.6) is 11.5 Å². The van der Waals surface area contributed by atoms with Crippen LogP contribution in [0.4, 0.5) is 14.9 Å². The van der Waals surface area contributed by atoms with Crippen molar-refractivity contribution in [2.75, 3.05) is 19.0 Å². The standard InChI is InChI=1S/C23H22ClFN2O5S/c1-4-13(2)32-21-17(24)8-14(9-18(21)31-3)10-19-22(29)27(23(30)33-19)12-20(28)26-16-7-5-6-15(25)11-16/h5-11,13H,4,12H2,1-3H3,(H,26,28)/b19-10+/t13-/m0/s1. The Morgan fingerprint density at radius 3 is 2.73 bits per heavy atom. The summed E-state index contributed by atoms with van der Waals surface area (Å²) in [4.78, 5) is 38.3. The van der Waals surface area contributed by atoms with Crippen LogP contribution in [0.1, 0.15) is 25.8 Å². The third kappa shape index (κ3) is 6.06. The maximum absolute atomic E-state index is 13.3. The van der Waals surface area contributed by atoms with Gasteiger partial charge < -0.3 is 14.8 Å². The Labute approximate surface area is 199 Å². The molecule has 0 aliphatic carbocycles. The summed E-state index contributed by atoms with van der Waals surface area (Å²) in [5.74, 6) is -0.970. The second kappa shape index (κ2) is 10.7. The Morgan fingerprint density at radius 2 is 2.06 bits per heavy atom. The molecule has 33 heavy (non-hydrogen) atoms. The Hall–Kier alpha value is -3.04. The summed E-state index contributed by atoms with van der Waals surface area (Å²) < 4.78 is 24.5. The number of rotatable bonds is 8. The zero-order valence-electron chi connectivity index (χ0n) is 18.2. The first-order chi connectivity index (χ1) is 15.7. The molecule has 2 aromatic rings. The predicted molar refractivity (Wildman–Crippen MR) is 126 cm³/mol. The van der Waals surface area contributed by atoms with E-state index < -0.39 is 29.4 Å². The molecule has 3 amide bonds. The van der Waals surface area contributed by atoms with Gasteiger partial charge in [0.05, 0.1) is 23.1 Å². The molecule has 0 unspecified atom stereocenters. The lowest BCUT2D eigenvalue weighted by atomic mass is 10.1. The molecular weight excluding hydrogens is 471 g/mol. The molecular formula is C23H22ClFN2O5S. The highest BCUT2D eigenvalue weighted by molar-refractivity contribution is 8.18. The van der Waals surface area contributed by atoms with Crippen molar-refractivity contribution in [1.82, 2.24) is 4.90 Å². The minimum Gasteiger partial charge on any atom is -0.493 e. The van der Waals surface area contributed by atoms with Crippen LogP contribution < -0.4 is 14.8 Å². The van der Waals surface area contributed by atoms with Gasteiger partial charge in [-0.05, 0) is 67.1 Å². The minimum absolute atomic E-state index is 0.0720. The molecule has 0 spiro atoms. The van der Waals surface area contributed by atoms with E-state index in [1.807, 2.05) is 13.8 Å². The van der Waals surface area contributed by atoms with Gasteiger partial charge in [0.2, 0.25) is 5.91 Å². The number of benzene rings is 2. The number of halogens is 2. The van der Waals surface area contributed by atoms with Crippen LogP contribution in [0.3, 0.4) is 0 Å². The quantitative estimate of drug-likeness (QED) is 0.501. The third-order valence-corrected chi connectivity index (χ3v) is 5.92. The zero-order valence-corrected chi connectivity index (χ0v) is 19.8. The van der Waals surface area contributed by atoms with Crippen molar-refractivity contribution in [3.05, 3.63) is 57.7 Å². The third-order valence-electron chi connectivity index (χ3n) is 4.73. The average molecular weight is 493 g/mol. The van der Waals surface area contributed by atoms with Crippen LogP contribution in [0.2, 0.25) is 5.02 Å². The molecule has 1 N–H and O–H groups in total. The summed E-state index contributed by atoms with van der Waals surface area (Å²) in [6, 6.07) is 8.56. The summed E-state index contributed by atoms with van der Waals surface area (Å²) in [7, 11) is 1.48. The lowest BCUT2D eigenvalue weighted by Gasteiger charge is -2.17. The van der Waals surface area contributed by atoms with Gasteiger partial charge in [-0.25, -0.2) is 4.39 Å². The maximum Gasteiger partial charge on any atom is 0.294 e. The molecule has 7 nitrogen and oxygen atoms in total. The van der Waals surface area contributed by atoms with Crippen LogP contribution in [-0.4, -0.2) is 41.7 Å². The van der Waals surface area contributed by atoms with E-state index in [1.165, 1.54) is 31.4 Å². The molecule has 3 rings (SSSR count). The Bertz CT molecular complexity index is 1120. The highest BCUT2D eigenvalue weighted by Crippen LogP contribution is 2.39. The van der Waals surface area contributed by atoms with Gasteiger partial charge >= 0.3 is 0 Å². The monoisotopic (exact) mass is 492 g/mol. The molecule has 0 radical (unpaired) electrons. The lowest BCUT2D eigenvalue weighted by Crippen LogP contribution is -2.36. The number of carbonyl (C=O) groups is 3. The number of hydrogen-bond acceptors (Lipinski definition) is 6. The van der Waals surface area contributed by atoms with Gasteiger partial charge in [0, 0.05) is 5.69 Å². The summed E-state index contributed by atoms with van der Waals surface area (Å²) in [5.41, 5.74) is 0.756. The van der Waals surface area contributed by atoms with Crippen LogP contribution in [-0.2, 0) is 9.59 Å². The van der Waals surface area contributed by atoms with Gasteiger partial charge in [-0.2, -0.15) is 0 Å². The Balaban J connectivity index is 1.76. The first-order valence-electron chi connectivity index (χ1n) is 10.1. The van der Waals surface area contributed by atoms with Gasteiger partial charge in [0.25, 0.3) is 11.1 Å². The molecule has 174 valence electrons. The van der Waals surface area contributed by atoms with E-state index in [-0.39, 0.29) is 16.7 Å². The number of imide groups is 1. The van der Waals surface area contributed by atoms with E-state index in [1.54, 1.807) is 12.1 Å². The number of thioether (sulfide) groups is 1. The smallest absolute Gasteiger partial charge is 0.294 e. The fourth-order valence-corrected chi connectivity index (χ4v) is 4.02. The van der Waals surface area contributed by atoms with E-state index in [0.29, 0.717) is 33.8 Å². The van der Waals surface area contributed by atoms with Crippen molar-refractivity contribution in [1.29, 1.82) is 0 Å². The molecule has 2 aromatic carbocycles. The van der Waals surface area contributed by atoms with E-state index in [9.17, 15) is 18.8 Å². The second-order valence-electron chi connectivity index (χ2n) is 7.20. The first-order valence-corrected chi connectivity index (χ1v) is 11.3. The number of hydrogen-bond donors (Lipinski definition) is 1. The second-order valence-corrected chi connectivity index (χ2v) is 8.60. The number of ether oxygens (including phenoxy) is 2. The largest absolute Gasteiger partial charge is 0.493 e. The SMILES string of the molecule is CC[C@H](C)Oc1c(Cl)cc(/C=C2/SC(=O)N(CC(=O)Nc3cccc(F)c3)C2=O)cc1OC. The molecule has 1 fully saturated rings. The number of methoxy groups -OCH3 is 1. The summed E-state index contributed by atoms with van der Waals surface area (Å²) in [6.45, 7) is 3.39. The number of carbonyl (C=O) groups excluding carboxylic acids is 3. The summed E-state index contributed by atoms with van der Waals surface area (Å²) in [5, 5.41) is 2.18. The van der Waals surface area contributed by atoms with Crippen molar-refractivity contribution in [2.24, 2.45) is 0 Å². The Morgan fingerprint density at radius 1 is 1.30 bits per heavy atom. The molecule has 0 saturated carbocycles. The zero-order chi connectivity index (χ0) is 24.1. The lowest BCUT2D eigenvalue weighted by molar-refractivity contribution is -0.127. The number of amides is 3. The van der Waals surface area contributed by atoms with Crippen LogP contribution >= 0.6 is 23.4 Å². The Kier molecular flexibility index (Phi) is 7.99. The van der Waals surface area contributed by atoms with Crippen LogP contribution in [0.15, 0.2) is 41.3 Å². The normalized spacial score (nSPS) is 15.7. The highest BCUT2D eigenvalue weighted by atomic mass is 35.5. The number of nitrogens with zero attached hydrogens (tertiary/aromatic N) is 1. The van der Waals surface area contributed by atoms with Crippen LogP contribution in [0.25, 0.3) is 6.08 Å². The van der Waals surface area contributed by atoms with Crippen molar-refractivity contribution in [2.45, 2.75) is 26.4 Å². The molecule has 1 heterocycles. The number of nitrogens with one attached hydrogen (secondary N) is 1.